The van der Waals surface area contributed by atoms with Gasteiger partial charge in [0.05, 0.1) is 12.7 Å². The molecule has 9 heavy (non-hydrogen) atoms. The van der Waals surface area contributed by atoms with Gasteiger partial charge in [-0.05, 0) is 6.92 Å². The highest BCUT2D eigenvalue weighted by molar-refractivity contribution is 4.66. The van der Waals surface area contributed by atoms with Crippen molar-refractivity contribution in [3.8, 4) is 0 Å². The van der Waals surface area contributed by atoms with Gasteiger partial charge in [-0.1, -0.05) is 0 Å². The third-order valence-corrected chi connectivity index (χ3v) is 1.36. The molecule has 2 nitrogen and oxygen atoms in total. The molecule has 0 saturated carbocycles. The van der Waals surface area contributed by atoms with Gasteiger partial charge in [-0.2, -0.15) is 0 Å². The Labute approximate surface area is 54.4 Å². The van der Waals surface area contributed by atoms with Gasteiger partial charge in [0.1, 0.15) is 6.17 Å². The van der Waals surface area contributed by atoms with E-state index in [0.29, 0.717) is 6.54 Å². The van der Waals surface area contributed by atoms with Crippen LogP contribution in [0.1, 0.15) is 6.92 Å². The molecule has 1 aliphatic rings. The molecular weight excluding hydrogens is 121 g/mol. The minimum Gasteiger partial charge on any atom is -0.374 e. The van der Waals surface area contributed by atoms with Crippen molar-refractivity contribution in [3.63, 3.8) is 0 Å². The molecule has 1 N–H and O–H groups in total. The van der Waals surface area contributed by atoms with Crippen molar-refractivity contribution in [2.75, 3.05) is 19.7 Å². The van der Waals surface area contributed by atoms with Gasteiger partial charge in [0.2, 0.25) is 0 Å². The highest BCUT2D eigenvalue weighted by Crippen LogP contribution is 1.99. The fraction of sp³-hybridized carbons (Fsp3) is 1.00. The van der Waals surface area contributed by atoms with Crippen LogP contribution in [0.25, 0.3) is 0 Å². The van der Waals surface area contributed by atoms with E-state index in [1.807, 2.05) is 6.92 Å². The summed E-state index contributed by atoms with van der Waals surface area (Å²) in [5, 5.41) is 2.95. The molecule has 3 heteroatoms. The maximum absolute atomic E-state index is 12.4. The summed E-state index contributed by atoms with van der Waals surface area (Å²) in [6, 6.07) is 0. The lowest BCUT2D eigenvalue weighted by atomic mass is 10.4. The zero-order chi connectivity index (χ0) is 6.69. The van der Waals surface area contributed by atoms with E-state index in [1.54, 1.807) is 0 Å². The van der Waals surface area contributed by atoms with Crippen molar-refractivity contribution in [1.82, 2.24) is 5.32 Å². The minimum atomic E-state index is -0.824. The van der Waals surface area contributed by atoms with Crippen molar-refractivity contribution in [1.29, 1.82) is 0 Å². The zero-order valence-corrected chi connectivity index (χ0v) is 5.56. The monoisotopic (exact) mass is 133 g/mol. The molecule has 0 aliphatic carbocycles. The number of hydrogen-bond acceptors (Lipinski definition) is 2. The van der Waals surface area contributed by atoms with E-state index in [1.165, 1.54) is 0 Å². The maximum Gasteiger partial charge on any atom is 0.136 e. The summed E-state index contributed by atoms with van der Waals surface area (Å²) in [5.74, 6) is 0. The average Bonchev–Trinajstić information content (AvgIpc) is 1.97. The second kappa shape index (κ2) is 3.13. The largest absolute Gasteiger partial charge is 0.374 e. The van der Waals surface area contributed by atoms with Gasteiger partial charge in [-0.25, -0.2) is 4.39 Å². The average molecular weight is 133 g/mol. The summed E-state index contributed by atoms with van der Waals surface area (Å²) >= 11 is 0. The number of hydrogen-bond donors (Lipinski definition) is 1. The Balaban J connectivity index is 2.25. The van der Waals surface area contributed by atoms with Crippen LogP contribution in [0, 0.1) is 0 Å². The van der Waals surface area contributed by atoms with Gasteiger partial charge < -0.3 is 10.1 Å². The minimum absolute atomic E-state index is 0.158. The number of halogens is 1. The first-order valence-corrected chi connectivity index (χ1v) is 3.25. The lowest BCUT2D eigenvalue weighted by Gasteiger charge is -2.06. The molecule has 0 aromatic carbocycles. The van der Waals surface area contributed by atoms with Crippen LogP contribution in [-0.2, 0) is 4.74 Å². The van der Waals surface area contributed by atoms with Crippen LogP contribution in [0.5, 0.6) is 0 Å². The van der Waals surface area contributed by atoms with E-state index in [0.717, 1.165) is 6.54 Å². The third kappa shape index (κ3) is 2.28. The molecule has 1 rings (SSSR count). The van der Waals surface area contributed by atoms with E-state index in [4.69, 9.17) is 4.74 Å². The van der Waals surface area contributed by atoms with Crippen molar-refractivity contribution in [2.24, 2.45) is 0 Å². The Morgan fingerprint density at radius 1 is 1.56 bits per heavy atom. The molecule has 1 saturated heterocycles. The lowest BCUT2D eigenvalue weighted by molar-refractivity contribution is 0.0505. The van der Waals surface area contributed by atoms with E-state index in [9.17, 15) is 4.39 Å². The summed E-state index contributed by atoms with van der Waals surface area (Å²) in [6.07, 6.45) is -0.666. The summed E-state index contributed by atoms with van der Waals surface area (Å²) in [7, 11) is 0. The molecule has 1 aliphatic heterocycles. The molecule has 0 amide bonds. The summed E-state index contributed by atoms with van der Waals surface area (Å²) in [5.41, 5.74) is 0. The van der Waals surface area contributed by atoms with E-state index < -0.39 is 6.17 Å². The number of ether oxygens (including phenoxy) is 1. The number of alkyl halides is 1. The molecule has 0 aromatic rings. The van der Waals surface area contributed by atoms with Gasteiger partial charge in [-0.15, -0.1) is 0 Å². The first kappa shape index (κ1) is 6.96. The van der Waals surface area contributed by atoms with E-state index >= 15 is 0 Å². The molecule has 0 spiro atoms. The lowest BCUT2D eigenvalue weighted by Crippen LogP contribution is -2.25. The van der Waals surface area contributed by atoms with Crippen molar-refractivity contribution in [2.45, 2.75) is 19.2 Å². The van der Waals surface area contributed by atoms with Gasteiger partial charge in [-0.3, -0.25) is 0 Å². The second-order valence-electron chi connectivity index (χ2n) is 2.40. The van der Waals surface area contributed by atoms with E-state index in [2.05, 4.69) is 5.32 Å². The number of nitrogens with one attached hydrogen (secondary N) is 1. The summed E-state index contributed by atoms with van der Waals surface area (Å²) in [4.78, 5) is 0. The number of rotatable bonds is 0. The molecular formula is C6H12FNO. The van der Waals surface area contributed by atoms with Gasteiger partial charge >= 0.3 is 0 Å². The summed E-state index contributed by atoms with van der Waals surface area (Å²) < 4.78 is 17.5. The van der Waals surface area contributed by atoms with Crippen LogP contribution in [0.2, 0.25) is 0 Å². The predicted octanol–water partition coefficient (Wildman–Crippen LogP) is 0.333. The zero-order valence-electron chi connectivity index (χ0n) is 5.56. The summed E-state index contributed by atoms with van der Waals surface area (Å²) in [6.45, 7) is 3.38. The molecule has 2 atom stereocenters. The second-order valence-corrected chi connectivity index (χ2v) is 2.40. The molecule has 0 bridgehead atoms. The third-order valence-electron chi connectivity index (χ3n) is 1.36. The first-order chi connectivity index (χ1) is 4.29. The Morgan fingerprint density at radius 2 is 2.33 bits per heavy atom. The van der Waals surface area contributed by atoms with Crippen LogP contribution < -0.4 is 5.32 Å². The standard InChI is InChI=1S/C6H12FNO/c1-5-2-8-3-6(7)4-9-5/h5-6,8H,2-4H2,1H3/t5?,6-/m1/s1. The Hall–Kier alpha value is -0.150. The van der Waals surface area contributed by atoms with Crippen molar-refractivity contribution in [3.05, 3.63) is 0 Å². The normalized spacial score (nSPS) is 38.0. The van der Waals surface area contributed by atoms with Crippen LogP contribution in [0.4, 0.5) is 4.39 Å². The topological polar surface area (TPSA) is 21.3 Å². The highest BCUT2D eigenvalue weighted by Gasteiger charge is 2.13. The Kier molecular flexibility index (Phi) is 2.42. The van der Waals surface area contributed by atoms with Crippen molar-refractivity contribution >= 4 is 0 Å². The predicted molar refractivity (Wildman–Crippen MR) is 33.2 cm³/mol. The molecule has 1 unspecified atom stereocenters. The Bertz CT molecular complexity index is 79.1. The quantitative estimate of drug-likeness (QED) is 0.514. The highest BCUT2D eigenvalue weighted by atomic mass is 19.1. The molecule has 54 valence electrons. The first-order valence-electron chi connectivity index (χ1n) is 3.25. The van der Waals surface area contributed by atoms with Crippen LogP contribution in [0.3, 0.4) is 0 Å². The molecule has 1 fully saturated rings. The van der Waals surface area contributed by atoms with E-state index in [-0.39, 0.29) is 12.7 Å². The van der Waals surface area contributed by atoms with Crippen LogP contribution in [-0.4, -0.2) is 32.0 Å². The van der Waals surface area contributed by atoms with Crippen LogP contribution >= 0.6 is 0 Å². The molecule has 0 radical (unpaired) electrons. The van der Waals surface area contributed by atoms with Crippen molar-refractivity contribution < 1.29 is 9.13 Å². The maximum atomic E-state index is 12.4. The Morgan fingerprint density at radius 3 is 3.11 bits per heavy atom. The SMILES string of the molecule is CC1CNC[C@@H](F)CO1. The van der Waals surface area contributed by atoms with Gasteiger partial charge in [0.15, 0.2) is 0 Å². The van der Waals surface area contributed by atoms with Gasteiger partial charge in [0.25, 0.3) is 0 Å². The smallest absolute Gasteiger partial charge is 0.136 e. The fourth-order valence-electron chi connectivity index (χ4n) is 0.830. The molecule has 1 heterocycles. The fourth-order valence-corrected chi connectivity index (χ4v) is 0.830. The molecule has 0 aromatic heterocycles. The van der Waals surface area contributed by atoms with Gasteiger partial charge in [0, 0.05) is 13.1 Å². The van der Waals surface area contributed by atoms with Crippen LogP contribution in [0.15, 0.2) is 0 Å².